The number of carbonyl (C=O) groups is 1. The highest BCUT2D eigenvalue weighted by Crippen LogP contribution is 2.52. The molecular weight excluding hydrogens is 326 g/mol. The SMILES string of the molecule is COc1ccc(OC2CCN(C(=O)C3CCC4(CCC4)CC3)CC2)cc1. The maximum Gasteiger partial charge on any atom is 0.225 e. The van der Waals surface area contributed by atoms with Crippen molar-refractivity contribution in [1.29, 1.82) is 0 Å². The van der Waals surface area contributed by atoms with Crippen LogP contribution in [0.2, 0.25) is 0 Å². The minimum atomic E-state index is 0.206. The first-order chi connectivity index (χ1) is 12.7. The van der Waals surface area contributed by atoms with Crippen LogP contribution in [0.25, 0.3) is 0 Å². The lowest BCUT2D eigenvalue weighted by Gasteiger charge is -2.47. The number of hydrogen-bond acceptors (Lipinski definition) is 3. The van der Waals surface area contributed by atoms with Crippen molar-refractivity contribution in [2.45, 2.75) is 63.9 Å². The number of hydrogen-bond donors (Lipinski definition) is 0. The standard InChI is InChI=1S/C22H31NO3/c1-25-18-3-5-19(6-4-18)26-20-9-15-23(16-10-20)21(24)17-7-13-22(14-8-17)11-2-12-22/h3-6,17,20H,2,7-16H2,1H3. The Kier molecular flexibility index (Phi) is 5.10. The van der Waals surface area contributed by atoms with Gasteiger partial charge >= 0.3 is 0 Å². The average molecular weight is 357 g/mol. The molecule has 0 radical (unpaired) electrons. The van der Waals surface area contributed by atoms with Gasteiger partial charge in [0, 0.05) is 31.8 Å². The Bertz CT molecular complexity index is 605. The van der Waals surface area contributed by atoms with E-state index in [4.69, 9.17) is 9.47 Å². The zero-order valence-electron chi connectivity index (χ0n) is 15.9. The Balaban J connectivity index is 1.23. The molecule has 4 rings (SSSR count). The van der Waals surface area contributed by atoms with E-state index in [1.807, 2.05) is 24.3 Å². The average Bonchev–Trinajstić information content (AvgIpc) is 2.67. The van der Waals surface area contributed by atoms with Crippen molar-refractivity contribution in [3.8, 4) is 11.5 Å². The molecule has 1 aromatic carbocycles. The van der Waals surface area contributed by atoms with Crippen LogP contribution < -0.4 is 9.47 Å². The molecule has 4 nitrogen and oxygen atoms in total. The first kappa shape index (κ1) is 17.7. The molecule has 2 saturated carbocycles. The van der Waals surface area contributed by atoms with Crippen LogP contribution in [-0.4, -0.2) is 37.1 Å². The highest BCUT2D eigenvalue weighted by Gasteiger charge is 2.42. The molecule has 1 aliphatic heterocycles. The van der Waals surface area contributed by atoms with E-state index in [2.05, 4.69) is 4.90 Å². The summed E-state index contributed by atoms with van der Waals surface area (Å²) in [5.74, 6) is 2.41. The van der Waals surface area contributed by atoms with Crippen molar-refractivity contribution in [1.82, 2.24) is 4.90 Å². The number of amides is 1. The fourth-order valence-electron chi connectivity index (χ4n) is 4.95. The molecule has 1 spiro atoms. The zero-order valence-corrected chi connectivity index (χ0v) is 15.9. The number of carbonyl (C=O) groups excluding carboxylic acids is 1. The van der Waals surface area contributed by atoms with Gasteiger partial charge in [0.2, 0.25) is 5.91 Å². The molecule has 2 aliphatic carbocycles. The third-order valence-corrected chi connectivity index (χ3v) is 6.93. The van der Waals surface area contributed by atoms with E-state index < -0.39 is 0 Å². The van der Waals surface area contributed by atoms with Gasteiger partial charge in [0.1, 0.15) is 17.6 Å². The van der Waals surface area contributed by atoms with Crippen LogP contribution in [0, 0.1) is 11.3 Å². The monoisotopic (exact) mass is 357 g/mol. The van der Waals surface area contributed by atoms with Crippen LogP contribution in [0.4, 0.5) is 0 Å². The molecule has 3 fully saturated rings. The Morgan fingerprint density at radius 1 is 0.962 bits per heavy atom. The molecule has 3 aliphatic rings. The van der Waals surface area contributed by atoms with Gasteiger partial charge in [-0.3, -0.25) is 4.79 Å². The first-order valence-corrected chi connectivity index (χ1v) is 10.3. The Morgan fingerprint density at radius 3 is 2.12 bits per heavy atom. The zero-order chi connectivity index (χ0) is 18.0. The molecule has 1 aromatic rings. The summed E-state index contributed by atoms with van der Waals surface area (Å²) in [5, 5.41) is 0. The number of methoxy groups -OCH3 is 1. The Labute approximate surface area is 156 Å². The normalized spacial score (nSPS) is 23.5. The van der Waals surface area contributed by atoms with Crippen LogP contribution in [0.1, 0.15) is 57.8 Å². The molecule has 4 heteroatoms. The van der Waals surface area contributed by atoms with Crippen molar-refractivity contribution in [3.63, 3.8) is 0 Å². The summed E-state index contributed by atoms with van der Waals surface area (Å²) in [6.07, 6.45) is 11.0. The lowest BCUT2D eigenvalue weighted by atomic mass is 9.59. The molecule has 26 heavy (non-hydrogen) atoms. The van der Waals surface area contributed by atoms with Crippen LogP contribution in [0.3, 0.4) is 0 Å². The number of rotatable bonds is 4. The van der Waals surface area contributed by atoms with Crippen LogP contribution in [0.5, 0.6) is 11.5 Å². The van der Waals surface area contributed by atoms with Gasteiger partial charge in [-0.25, -0.2) is 0 Å². The lowest BCUT2D eigenvalue weighted by molar-refractivity contribution is -0.139. The number of piperidine rings is 1. The molecule has 1 saturated heterocycles. The molecule has 0 bridgehead atoms. The summed E-state index contributed by atoms with van der Waals surface area (Å²) in [6.45, 7) is 1.67. The van der Waals surface area contributed by atoms with Gasteiger partial charge in [0.25, 0.3) is 0 Å². The third kappa shape index (κ3) is 3.70. The minimum absolute atomic E-state index is 0.206. The lowest BCUT2D eigenvalue weighted by Crippen LogP contribution is -2.46. The van der Waals surface area contributed by atoms with E-state index in [1.165, 1.54) is 32.1 Å². The Hall–Kier alpha value is -1.71. The maximum atomic E-state index is 12.9. The molecule has 0 atom stereocenters. The summed E-state index contributed by atoms with van der Waals surface area (Å²) in [6, 6.07) is 7.75. The van der Waals surface area contributed by atoms with E-state index in [0.29, 0.717) is 11.3 Å². The highest BCUT2D eigenvalue weighted by molar-refractivity contribution is 5.79. The van der Waals surface area contributed by atoms with Gasteiger partial charge in [0.15, 0.2) is 0 Å². The Morgan fingerprint density at radius 2 is 1.58 bits per heavy atom. The fraction of sp³-hybridized carbons (Fsp3) is 0.682. The van der Waals surface area contributed by atoms with E-state index in [1.54, 1.807) is 7.11 Å². The summed E-state index contributed by atoms with van der Waals surface area (Å²) < 4.78 is 11.3. The van der Waals surface area contributed by atoms with E-state index in [-0.39, 0.29) is 12.0 Å². The number of likely N-dealkylation sites (tertiary alicyclic amines) is 1. The second-order valence-electron chi connectivity index (χ2n) is 8.45. The largest absolute Gasteiger partial charge is 0.497 e. The molecule has 0 unspecified atom stereocenters. The van der Waals surface area contributed by atoms with Crippen molar-refractivity contribution in [3.05, 3.63) is 24.3 Å². The maximum absolute atomic E-state index is 12.9. The van der Waals surface area contributed by atoms with Gasteiger partial charge < -0.3 is 14.4 Å². The molecule has 1 amide bonds. The summed E-state index contributed by atoms with van der Waals surface area (Å²) >= 11 is 0. The van der Waals surface area contributed by atoms with Crippen molar-refractivity contribution < 1.29 is 14.3 Å². The quantitative estimate of drug-likeness (QED) is 0.800. The molecule has 0 aromatic heterocycles. The predicted octanol–water partition coefficient (Wildman–Crippen LogP) is 4.43. The third-order valence-electron chi connectivity index (χ3n) is 6.93. The minimum Gasteiger partial charge on any atom is -0.497 e. The van der Waals surface area contributed by atoms with Gasteiger partial charge in [-0.1, -0.05) is 6.42 Å². The van der Waals surface area contributed by atoms with Gasteiger partial charge in [-0.05, 0) is 68.2 Å². The van der Waals surface area contributed by atoms with Crippen molar-refractivity contribution >= 4 is 5.91 Å². The van der Waals surface area contributed by atoms with Crippen LogP contribution in [0.15, 0.2) is 24.3 Å². The second kappa shape index (κ2) is 7.50. The van der Waals surface area contributed by atoms with Crippen LogP contribution in [-0.2, 0) is 4.79 Å². The van der Waals surface area contributed by atoms with Crippen molar-refractivity contribution in [2.24, 2.45) is 11.3 Å². The number of ether oxygens (including phenoxy) is 2. The van der Waals surface area contributed by atoms with E-state index in [0.717, 1.165) is 50.3 Å². The fourth-order valence-corrected chi connectivity index (χ4v) is 4.95. The van der Waals surface area contributed by atoms with Crippen molar-refractivity contribution in [2.75, 3.05) is 20.2 Å². The predicted molar refractivity (Wildman–Crippen MR) is 101 cm³/mol. The highest BCUT2D eigenvalue weighted by atomic mass is 16.5. The second-order valence-corrected chi connectivity index (χ2v) is 8.45. The topological polar surface area (TPSA) is 38.8 Å². The van der Waals surface area contributed by atoms with Crippen LogP contribution >= 0.6 is 0 Å². The van der Waals surface area contributed by atoms with Gasteiger partial charge in [-0.15, -0.1) is 0 Å². The molecule has 0 N–H and O–H groups in total. The summed E-state index contributed by atoms with van der Waals surface area (Å²) in [5.41, 5.74) is 0.635. The summed E-state index contributed by atoms with van der Waals surface area (Å²) in [4.78, 5) is 15.0. The summed E-state index contributed by atoms with van der Waals surface area (Å²) in [7, 11) is 1.67. The molecule has 1 heterocycles. The first-order valence-electron chi connectivity index (χ1n) is 10.3. The molecular formula is C22H31NO3. The smallest absolute Gasteiger partial charge is 0.225 e. The van der Waals surface area contributed by atoms with Gasteiger partial charge in [0.05, 0.1) is 7.11 Å². The van der Waals surface area contributed by atoms with E-state index >= 15 is 0 Å². The number of nitrogens with zero attached hydrogens (tertiary/aromatic N) is 1. The van der Waals surface area contributed by atoms with Gasteiger partial charge in [-0.2, -0.15) is 0 Å². The number of benzene rings is 1. The molecule has 142 valence electrons. The van der Waals surface area contributed by atoms with E-state index in [9.17, 15) is 4.79 Å².